The van der Waals surface area contributed by atoms with Crippen molar-refractivity contribution in [1.82, 2.24) is 10.2 Å². The molecule has 116 valence electrons. The third-order valence-electron chi connectivity index (χ3n) is 4.69. The van der Waals surface area contributed by atoms with Crippen molar-refractivity contribution in [3.05, 3.63) is 22.4 Å². The number of urea groups is 1. The van der Waals surface area contributed by atoms with E-state index < -0.39 is 0 Å². The van der Waals surface area contributed by atoms with Crippen molar-refractivity contribution >= 4 is 17.4 Å². The lowest BCUT2D eigenvalue weighted by molar-refractivity contribution is 0.192. The maximum absolute atomic E-state index is 12.4. The molecule has 0 aliphatic heterocycles. The van der Waals surface area contributed by atoms with Gasteiger partial charge in [0.25, 0.3) is 0 Å². The highest BCUT2D eigenvalue weighted by molar-refractivity contribution is 7.09. The van der Waals surface area contributed by atoms with Gasteiger partial charge in [0.15, 0.2) is 0 Å². The van der Waals surface area contributed by atoms with E-state index in [9.17, 15) is 4.79 Å². The van der Waals surface area contributed by atoms with E-state index in [1.807, 2.05) is 4.90 Å². The van der Waals surface area contributed by atoms with Crippen LogP contribution in [0.2, 0.25) is 0 Å². The molecule has 0 bridgehead atoms. The van der Waals surface area contributed by atoms with Gasteiger partial charge in [-0.15, -0.1) is 11.3 Å². The minimum Gasteiger partial charge on any atom is -0.338 e. The van der Waals surface area contributed by atoms with Gasteiger partial charge in [-0.3, -0.25) is 0 Å². The van der Waals surface area contributed by atoms with Gasteiger partial charge in [0.1, 0.15) is 0 Å². The van der Waals surface area contributed by atoms with Crippen molar-refractivity contribution in [2.45, 2.75) is 64.0 Å². The molecular formula is C17H26N2OS. The lowest BCUT2D eigenvalue weighted by atomic mass is 10.0. The Hall–Kier alpha value is -1.03. The van der Waals surface area contributed by atoms with Crippen molar-refractivity contribution in [3.63, 3.8) is 0 Å². The Balaban J connectivity index is 1.39. The van der Waals surface area contributed by atoms with Crippen molar-refractivity contribution in [2.75, 3.05) is 6.54 Å². The molecule has 1 aromatic heterocycles. The van der Waals surface area contributed by atoms with E-state index in [1.165, 1.54) is 49.8 Å². The van der Waals surface area contributed by atoms with Crippen molar-refractivity contribution in [2.24, 2.45) is 5.92 Å². The van der Waals surface area contributed by atoms with Gasteiger partial charge in [-0.25, -0.2) is 4.79 Å². The Labute approximate surface area is 131 Å². The molecular weight excluding hydrogens is 280 g/mol. The number of carbonyl (C=O) groups excluding carboxylic acids is 1. The average Bonchev–Trinajstić information content (AvgIpc) is 2.99. The highest BCUT2D eigenvalue weighted by atomic mass is 32.1. The topological polar surface area (TPSA) is 32.3 Å². The predicted molar refractivity (Wildman–Crippen MR) is 87.5 cm³/mol. The Kier molecular flexibility index (Phi) is 5.17. The van der Waals surface area contributed by atoms with Gasteiger partial charge < -0.3 is 10.2 Å². The zero-order chi connectivity index (χ0) is 14.5. The maximum Gasteiger partial charge on any atom is 0.317 e. The van der Waals surface area contributed by atoms with Crippen molar-refractivity contribution in [1.29, 1.82) is 0 Å². The molecule has 4 heteroatoms. The minimum atomic E-state index is 0.136. The van der Waals surface area contributed by atoms with E-state index in [0.29, 0.717) is 6.04 Å². The molecule has 3 nitrogen and oxygen atoms in total. The molecule has 0 spiro atoms. The second-order valence-corrected chi connectivity index (χ2v) is 7.50. The largest absolute Gasteiger partial charge is 0.338 e. The molecule has 2 amide bonds. The lowest BCUT2D eigenvalue weighted by Gasteiger charge is -2.22. The number of amides is 2. The van der Waals surface area contributed by atoms with Gasteiger partial charge in [0.2, 0.25) is 0 Å². The molecule has 1 N–H and O–H groups in total. The molecule has 2 saturated carbocycles. The van der Waals surface area contributed by atoms with E-state index in [2.05, 4.69) is 22.8 Å². The van der Waals surface area contributed by atoms with E-state index in [1.54, 1.807) is 11.3 Å². The zero-order valence-corrected chi connectivity index (χ0v) is 13.5. The SMILES string of the molecule is O=C(NCCCC1CCCC1)N(Cc1cccs1)C1CC1. The predicted octanol–water partition coefficient (Wildman–Crippen LogP) is 4.39. The van der Waals surface area contributed by atoms with Crippen LogP contribution in [0, 0.1) is 5.92 Å². The molecule has 0 radical (unpaired) electrons. The molecule has 0 atom stereocenters. The number of thiophene rings is 1. The first-order valence-electron chi connectivity index (χ1n) is 8.40. The first-order valence-corrected chi connectivity index (χ1v) is 9.28. The van der Waals surface area contributed by atoms with E-state index in [4.69, 9.17) is 0 Å². The molecule has 2 aliphatic rings. The summed E-state index contributed by atoms with van der Waals surface area (Å²) < 4.78 is 0. The quantitative estimate of drug-likeness (QED) is 0.744. The third-order valence-corrected chi connectivity index (χ3v) is 5.56. The molecule has 0 unspecified atom stereocenters. The van der Waals surface area contributed by atoms with Crippen LogP contribution < -0.4 is 5.32 Å². The maximum atomic E-state index is 12.4. The second-order valence-electron chi connectivity index (χ2n) is 6.46. The minimum absolute atomic E-state index is 0.136. The Morgan fingerprint density at radius 3 is 2.76 bits per heavy atom. The van der Waals surface area contributed by atoms with Gasteiger partial charge in [-0.1, -0.05) is 31.7 Å². The lowest BCUT2D eigenvalue weighted by Crippen LogP contribution is -2.41. The summed E-state index contributed by atoms with van der Waals surface area (Å²) in [6.45, 7) is 1.61. The molecule has 21 heavy (non-hydrogen) atoms. The van der Waals surface area contributed by atoms with Crippen LogP contribution in [0.5, 0.6) is 0 Å². The van der Waals surface area contributed by atoms with Crippen LogP contribution in [0.15, 0.2) is 17.5 Å². The van der Waals surface area contributed by atoms with Crippen LogP contribution in [0.3, 0.4) is 0 Å². The van der Waals surface area contributed by atoms with Gasteiger partial charge in [0, 0.05) is 17.5 Å². The molecule has 2 aliphatic carbocycles. The summed E-state index contributed by atoms with van der Waals surface area (Å²) in [5.41, 5.74) is 0. The van der Waals surface area contributed by atoms with E-state index in [0.717, 1.165) is 25.4 Å². The third kappa shape index (κ3) is 4.47. The summed E-state index contributed by atoms with van der Waals surface area (Å²) in [7, 11) is 0. The smallest absolute Gasteiger partial charge is 0.317 e. The average molecular weight is 306 g/mol. The summed E-state index contributed by atoms with van der Waals surface area (Å²) in [6, 6.07) is 4.79. The highest BCUT2D eigenvalue weighted by Gasteiger charge is 2.32. The highest BCUT2D eigenvalue weighted by Crippen LogP contribution is 2.30. The normalized spacial score (nSPS) is 18.9. The van der Waals surface area contributed by atoms with Crippen LogP contribution in [0.1, 0.15) is 56.2 Å². The first-order chi connectivity index (χ1) is 10.3. The number of rotatable bonds is 7. The summed E-state index contributed by atoms with van der Waals surface area (Å²) in [6.07, 6.45) is 10.4. The molecule has 1 aromatic rings. The number of nitrogens with one attached hydrogen (secondary N) is 1. The van der Waals surface area contributed by atoms with Gasteiger partial charge in [0.05, 0.1) is 6.54 Å². The number of nitrogens with zero attached hydrogens (tertiary/aromatic N) is 1. The molecule has 3 rings (SSSR count). The molecule has 0 saturated heterocycles. The van der Waals surface area contributed by atoms with E-state index in [-0.39, 0.29) is 6.03 Å². The number of hydrogen-bond acceptors (Lipinski definition) is 2. The fourth-order valence-electron chi connectivity index (χ4n) is 3.31. The van der Waals surface area contributed by atoms with Gasteiger partial charge in [-0.05, 0) is 43.0 Å². The van der Waals surface area contributed by atoms with E-state index >= 15 is 0 Å². The summed E-state index contributed by atoms with van der Waals surface area (Å²) >= 11 is 1.74. The first kappa shape index (κ1) is 14.9. The second kappa shape index (κ2) is 7.30. The Bertz CT molecular complexity index is 436. The fourth-order valence-corrected chi connectivity index (χ4v) is 4.01. The Morgan fingerprint density at radius 1 is 1.29 bits per heavy atom. The Morgan fingerprint density at radius 2 is 2.10 bits per heavy atom. The standard InChI is InChI=1S/C17H26N2OS/c20-17(18-11-3-7-14-5-1-2-6-14)19(15-9-10-15)13-16-8-4-12-21-16/h4,8,12,14-15H,1-3,5-7,9-11,13H2,(H,18,20). The summed E-state index contributed by atoms with van der Waals surface area (Å²) in [5, 5.41) is 5.22. The zero-order valence-electron chi connectivity index (χ0n) is 12.7. The van der Waals surface area contributed by atoms with Crippen LogP contribution in [-0.2, 0) is 6.54 Å². The van der Waals surface area contributed by atoms with Crippen molar-refractivity contribution < 1.29 is 4.79 Å². The van der Waals surface area contributed by atoms with Crippen LogP contribution >= 0.6 is 11.3 Å². The molecule has 1 heterocycles. The van der Waals surface area contributed by atoms with Crippen LogP contribution in [0.25, 0.3) is 0 Å². The fraction of sp³-hybridized carbons (Fsp3) is 0.706. The number of hydrogen-bond donors (Lipinski definition) is 1. The van der Waals surface area contributed by atoms with Gasteiger partial charge in [-0.2, -0.15) is 0 Å². The molecule has 0 aromatic carbocycles. The van der Waals surface area contributed by atoms with Crippen LogP contribution in [0.4, 0.5) is 4.79 Å². The number of carbonyl (C=O) groups is 1. The molecule has 2 fully saturated rings. The monoisotopic (exact) mass is 306 g/mol. The van der Waals surface area contributed by atoms with Gasteiger partial charge >= 0.3 is 6.03 Å². The summed E-state index contributed by atoms with van der Waals surface area (Å²) in [5.74, 6) is 0.924. The van der Waals surface area contributed by atoms with Crippen LogP contribution in [-0.4, -0.2) is 23.5 Å². The van der Waals surface area contributed by atoms with Crippen molar-refractivity contribution in [3.8, 4) is 0 Å². The summed E-state index contributed by atoms with van der Waals surface area (Å²) in [4.78, 5) is 15.7.